The van der Waals surface area contributed by atoms with Gasteiger partial charge in [0, 0.05) is 23.7 Å². The Morgan fingerprint density at radius 1 is 1.04 bits per heavy atom. The van der Waals surface area contributed by atoms with Gasteiger partial charge in [-0.05, 0) is 43.3 Å². The first-order chi connectivity index (χ1) is 12.8. The minimum Gasteiger partial charge on any atom is -0.478 e. The molecular weight excluding hydrogens is 351 g/mol. The van der Waals surface area contributed by atoms with Crippen molar-refractivity contribution >= 4 is 23.3 Å². The van der Waals surface area contributed by atoms with E-state index in [2.05, 4.69) is 10.6 Å². The summed E-state index contributed by atoms with van der Waals surface area (Å²) in [6.45, 7) is 3.56. The zero-order valence-electron chi connectivity index (χ0n) is 15.0. The molecule has 2 aromatic rings. The maximum atomic E-state index is 13.2. The van der Waals surface area contributed by atoms with Crippen molar-refractivity contribution in [1.82, 2.24) is 5.32 Å². The molecular formula is C20H21FN2O4. The van der Waals surface area contributed by atoms with E-state index < -0.39 is 29.7 Å². The lowest BCUT2D eigenvalue weighted by Gasteiger charge is -2.18. The molecule has 2 aromatic carbocycles. The topological polar surface area (TPSA) is 95.5 Å². The Bertz CT molecular complexity index is 853. The number of carbonyl (C=O) groups excluding carboxylic acids is 2. The van der Waals surface area contributed by atoms with Crippen molar-refractivity contribution in [3.8, 4) is 0 Å². The van der Waals surface area contributed by atoms with Crippen LogP contribution in [0.15, 0.2) is 48.5 Å². The molecule has 2 rings (SSSR count). The predicted molar refractivity (Wildman–Crippen MR) is 99.4 cm³/mol. The molecule has 27 heavy (non-hydrogen) atoms. The normalized spacial score (nSPS) is 12.7. The minimum atomic E-state index is -1.03. The Labute approximate surface area is 156 Å². The molecule has 0 saturated heterocycles. The van der Waals surface area contributed by atoms with Crippen LogP contribution >= 0.6 is 0 Å². The third-order valence-electron chi connectivity index (χ3n) is 4.07. The van der Waals surface area contributed by atoms with Gasteiger partial charge in [0.15, 0.2) is 5.78 Å². The number of rotatable bonds is 8. The summed E-state index contributed by atoms with van der Waals surface area (Å²) in [5, 5.41) is 14.6. The van der Waals surface area contributed by atoms with Crippen molar-refractivity contribution in [2.24, 2.45) is 5.92 Å². The number of amides is 1. The van der Waals surface area contributed by atoms with E-state index in [-0.39, 0.29) is 23.5 Å². The van der Waals surface area contributed by atoms with Crippen LogP contribution in [-0.2, 0) is 4.79 Å². The van der Waals surface area contributed by atoms with Crippen LogP contribution < -0.4 is 10.6 Å². The zero-order valence-corrected chi connectivity index (χ0v) is 15.0. The van der Waals surface area contributed by atoms with E-state index in [9.17, 15) is 18.8 Å². The fraction of sp³-hybridized carbons (Fsp3) is 0.250. The highest BCUT2D eigenvalue weighted by atomic mass is 19.1. The van der Waals surface area contributed by atoms with Gasteiger partial charge in [0.1, 0.15) is 5.82 Å². The quantitative estimate of drug-likeness (QED) is 0.662. The van der Waals surface area contributed by atoms with Crippen molar-refractivity contribution in [2.45, 2.75) is 19.9 Å². The number of nitrogens with one attached hydrogen (secondary N) is 2. The average molecular weight is 372 g/mol. The highest BCUT2D eigenvalue weighted by Gasteiger charge is 2.22. The maximum absolute atomic E-state index is 13.2. The van der Waals surface area contributed by atoms with E-state index in [1.165, 1.54) is 30.3 Å². The van der Waals surface area contributed by atoms with E-state index in [1.54, 1.807) is 26.0 Å². The Hall–Kier alpha value is -3.22. The number of ketones is 1. The number of carbonyl (C=O) groups is 3. The molecule has 0 aliphatic carbocycles. The smallest absolute Gasteiger partial charge is 0.335 e. The number of benzene rings is 2. The number of anilines is 1. The van der Waals surface area contributed by atoms with Crippen molar-refractivity contribution in [1.29, 1.82) is 0 Å². The molecule has 142 valence electrons. The van der Waals surface area contributed by atoms with E-state index in [1.807, 2.05) is 0 Å². The fourth-order valence-corrected chi connectivity index (χ4v) is 2.54. The second-order valence-corrected chi connectivity index (χ2v) is 6.28. The number of hydrogen-bond acceptors (Lipinski definition) is 4. The molecule has 0 aliphatic rings. The summed E-state index contributed by atoms with van der Waals surface area (Å²) in [6, 6.07) is 10.8. The molecule has 0 spiro atoms. The molecule has 0 fully saturated rings. The zero-order chi connectivity index (χ0) is 20.0. The Morgan fingerprint density at radius 3 is 2.37 bits per heavy atom. The molecule has 1 amide bonds. The van der Waals surface area contributed by atoms with Crippen LogP contribution in [0.3, 0.4) is 0 Å². The average Bonchev–Trinajstić information content (AvgIpc) is 2.65. The van der Waals surface area contributed by atoms with Gasteiger partial charge in [-0.15, -0.1) is 0 Å². The van der Waals surface area contributed by atoms with Gasteiger partial charge in [0.25, 0.3) is 5.91 Å². The molecule has 6 nitrogen and oxygen atoms in total. The predicted octanol–water partition coefficient (Wildman–Crippen LogP) is 2.96. The lowest BCUT2D eigenvalue weighted by molar-refractivity contribution is -0.123. The molecule has 3 N–H and O–H groups in total. The van der Waals surface area contributed by atoms with Crippen molar-refractivity contribution in [2.75, 3.05) is 11.9 Å². The van der Waals surface area contributed by atoms with Gasteiger partial charge in [0.2, 0.25) is 0 Å². The third-order valence-corrected chi connectivity index (χ3v) is 4.07. The summed E-state index contributed by atoms with van der Waals surface area (Å²) >= 11 is 0. The summed E-state index contributed by atoms with van der Waals surface area (Å²) in [5.74, 6) is -2.70. The number of Topliss-reactive ketones (excluding diaryl/α,β-unsaturated/α-hetero) is 1. The van der Waals surface area contributed by atoms with Gasteiger partial charge in [-0.25, -0.2) is 9.18 Å². The minimum absolute atomic E-state index is 0.144. The first-order valence-corrected chi connectivity index (χ1v) is 8.45. The fourth-order valence-electron chi connectivity index (χ4n) is 2.54. The third kappa shape index (κ3) is 5.64. The van der Waals surface area contributed by atoms with Crippen LogP contribution in [0.5, 0.6) is 0 Å². The Balaban J connectivity index is 1.91. The molecule has 0 bridgehead atoms. The molecule has 1 unspecified atom stereocenters. The van der Waals surface area contributed by atoms with E-state index in [0.29, 0.717) is 5.69 Å². The highest BCUT2D eigenvalue weighted by molar-refractivity contribution is 5.98. The van der Waals surface area contributed by atoms with Crippen LogP contribution in [0.4, 0.5) is 10.1 Å². The second-order valence-electron chi connectivity index (χ2n) is 6.28. The summed E-state index contributed by atoms with van der Waals surface area (Å²) in [5.41, 5.74) is 0.881. The molecule has 0 heterocycles. The van der Waals surface area contributed by atoms with Crippen molar-refractivity contribution in [3.63, 3.8) is 0 Å². The van der Waals surface area contributed by atoms with Crippen molar-refractivity contribution < 1.29 is 23.9 Å². The molecule has 7 heteroatoms. The van der Waals surface area contributed by atoms with E-state index >= 15 is 0 Å². The summed E-state index contributed by atoms with van der Waals surface area (Å²) in [4.78, 5) is 35.5. The largest absolute Gasteiger partial charge is 0.478 e. The van der Waals surface area contributed by atoms with Gasteiger partial charge in [-0.3, -0.25) is 9.59 Å². The lowest BCUT2D eigenvalue weighted by atomic mass is 10.0. The van der Waals surface area contributed by atoms with E-state index in [4.69, 9.17) is 5.11 Å². The number of halogens is 1. The lowest BCUT2D eigenvalue weighted by Crippen LogP contribution is -2.42. The summed E-state index contributed by atoms with van der Waals surface area (Å²) in [6.07, 6.45) is 0. The van der Waals surface area contributed by atoms with Gasteiger partial charge in [-0.2, -0.15) is 0 Å². The number of hydrogen-bond donors (Lipinski definition) is 3. The van der Waals surface area contributed by atoms with Crippen LogP contribution in [0, 0.1) is 11.7 Å². The van der Waals surface area contributed by atoms with E-state index in [0.717, 1.165) is 6.07 Å². The first-order valence-electron chi connectivity index (χ1n) is 8.45. The summed E-state index contributed by atoms with van der Waals surface area (Å²) < 4.78 is 13.2. The Morgan fingerprint density at radius 2 is 1.70 bits per heavy atom. The van der Waals surface area contributed by atoms with Crippen LogP contribution in [0.2, 0.25) is 0 Å². The SMILES string of the molecule is CC(CNc1cccc(C(=O)O)c1)C(=O)[C@@H](C)NC(=O)c1cccc(F)c1. The molecule has 0 radical (unpaired) electrons. The van der Waals surface area contributed by atoms with Gasteiger partial charge in [-0.1, -0.05) is 19.1 Å². The van der Waals surface area contributed by atoms with Crippen LogP contribution in [-0.4, -0.2) is 35.4 Å². The number of carboxylic acid groups (broad SMARTS) is 1. The molecule has 2 atom stereocenters. The van der Waals surface area contributed by atoms with Crippen LogP contribution in [0.1, 0.15) is 34.6 Å². The van der Waals surface area contributed by atoms with Gasteiger partial charge < -0.3 is 15.7 Å². The standard InChI is InChI=1S/C20H21FN2O4/c1-12(11-22-17-8-4-6-15(10-17)20(26)27)18(24)13(2)23-19(25)14-5-3-7-16(21)9-14/h3-10,12-13,22H,11H2,1-2H3,(H,23,25)(H,26,27)/t12?,13-/m1/s1. The number of aromatic carboxylic acids is 1. The monoisotopic (exact) mass is 372 g/mol. The van der Waals surface area contributed by atoms with Gasteiger partial charge in [0.05, 0.1) is 11.6 Å². The van der Waals surface area contributed by atoms with Gasteiger partial charge >= 0.3 is 5.97 Å². The van der Waals surface area contributed by atoms with Crippen molar-refractivity contribution in [3.05, 3.63) is 65.5 Å². The first kappa shape index (κ1) is 20.1. The molecule has 0 saturated carbocycles. The summed E-state index contributed by atoms with van der Waals surface area (Å²) in [7, 11) is 0. The van der Waals surface area contributed by atoms with Crippen LogP contribution in [0.25, 0.3) is 0 Å². The molecule has 0 aromatic heterocycles. The highest BCUT2D eigenvalue weighted by Crippen LogP contribution is 2.12. The maximum Gasteiger partial charge on any atom is 0.335 e. The Kier molecular flexibility index (Phi) is 6.65. The number of carboxylic acids is 1. The molecule has 0 aliphatic heterocycles. The second kappa shape index (κ2) is 8.93.